The predicted molar refractivity (Wildman–Crippen MR) is 105 cm³/mol. The number of nitriles is 1. The summed E-state index contributed by atoms with van der Waals surface area (Å²) in [5.41, 5.74) is 1.83. The molecule has 0 saturated heterocycles. The number of nitrogens with one attached hydrogen (secondary N) is 2. The molecule has 0 aromatic heterocycles. The van der Waals surface area contributed by atoms with Crippen LogP contribution in [0.25, 0.3) is 0 Å². The summed E-state index contributed by atoms with van der Waals surface area (Å²) in [6.45, 7) is 1.57. The summed E-state index contributed by atoms with van der Waals surface area (Å²) in [7, 11) is -3.71. The zero-order chi connectivity index (χ0) is 20.6. The monoisotopic (exact) mass is 399 g/mol. The van der Waals surface area contributed by atoms with Crippen molar-refractivity contribution in [3.63, 3.8) is 0 Å². The number of benzene rings is 2. The normalized spacial score (nSPS) is 11.9. The lowest BCUT2D eigenvalue weighted by Crippen LogP contribution is -2.50. The molecule has 146 valence electrons. The number of nitrogens with zero attached hydrogens (tertiary/aromatic N) is 1. The molecule has 2 aromatic carbocycles. The van der Waals surface area contributed by atoms with Gasteiger partial charge < -0.3 is 10.6 Å². The molecule has 1 atom stereocenters. The Morgan fingerprint density at radius 2 is 1.82 bits per heavy atom. The highest BCUT2D eigenvalue weighted by Gasteiger charge is 2.27. The zero-order valence-corrected chi connectivity index (χ0v) is 16.2. The van der Waals surface area contributed by atoms with Gasteiger partial charge in [0.2, 0.25) is 5.91 Å². The number of sulfone groups is 1. The predicted octanol–water partition coefficient (Wildman–Crippen LogP) is 1.35. The third kappa shape index (κ3) is 6.52. The molecule has 0 bridgehead atoms. The Kier molecular flexibility index (Phi) is 7.29. The smallest absolute Gasteiger partial charge is 0.251 e. The molecule has 2 aromatic rings. The van der Waals surface area contributed by atoms with Gasteiger partial charge in [-0.25, -0.2) is 8.42 Å². The van der Waals surface area contributed by atoms with Crippen LogP contribution < -0.4 is 10.6 Å². The van der Waals surface area contributed by atoms with Crippen LogP contribution in [0, 0.1) is 18.3 Å². The molecule has 7 nitrogen and oxygen atoms in total. The van der Waals surface area contributed by atoms with Gasteiger partial charge in [0.25, 0.3) is 5.91 Å². The van der Waals surface area contributed by atoms with Crippen molar-refractivity contribution < 1.29 is 18.0 Å². The first-order chi connectivity index (χ1) is 13.3. The molecular weight excluding hydrogens is 378 g/mol. The van der Waals surface area contributed by atoms with Crippen LogP contribution in [0.3, 0.4) is 0 Å². The number of carbonyl (C=O) groups excluding carboxylic acids is 2. The summed E-state index contributed by atoms with van der Waals surface area (Å²) in [5, 5.41) is 13.4. The average Bonchev–Trinajstić information content (AvgIpc) is 2.65. The van der Waals surface area contributed by atoms with Crippen molar-refractivity contribution in [3.8, 4) is 6.07 Å². The van der Waals surface area contributed by atoms with E-state index in [9.17, 15) is 18.0 Å². The van der Waals surface area contributed by atoms with Crippen molar-refractivity contribution in [2.75, 3.05) is 12.3 Å². The molecule has 0 aliphatic rings. The van der Waals surface area contributed by atoms with Gasteiger partial charge in [0.15, 0.2) is 9.84 Å². The molecule has 2 amide bonds. The second-order valence-electron chi connectivity index (χ2n) is 6.31. The fourth-order valence-electron chi connectivity index (χ4n) is 2.63. The maximum absolute atomic E-state index is 12.6. The van der Waals surface area contributed by atoms with Gasteiger partial charge in [-0.1, -0.05) is 48.0 Å². The summed E-state index contributed by atoms with van der Waals surface area (Å²) in [6.07, 6.45) is 0. The topological polar surface area (TPSA) is 116 Å². The van der Waals surface area contributed by atoms with Crippen molar-refractivity contribution in [1.29, 1.82) is 5.26 Å². The molecule has 0 heterocycles. The molecule has 0 fully saturated rings. The Hall–Kier alpha value is -3.18. The van der Waals surface area contributed by atoms with Gasteiger partial charge >= 0.3 is 0 Å². The molecule has 0 aliphatic carbocycles. The van der Waals surface area contributed by atoms with Crippen LogP contribution in [0.15, 0.2) is 54.6 Å². The molecular formula is C20H21N3O4S. The lowest BCUT2D eigenvalue weighted by Gasteiger charge is -2.18. The van der Waals surface area contributed by atoms with Gasteiger partial charge in [0.05, 0.1) is 17.6 Å². The average molecular weight is 399 g/mol. The maximum Gasteiger partial charge on any atom is 0.251 e. The summed E-state index contributed by atoms with van der Waals surface area (Å²) in [4.78, 5) is 24.7. The number of hydrogen-bond donors (Lipinski definition) is 2. The lowest BCUT2D eigenvalue weighted by atomic mass is 10.2. The molecule has 28 heavy (non-hydrogen) atoms. The number of aryl methyl sites for hydroxylation is 1. The Labute approximate surface area is 164 Å². The molecule has 0 saturated carbocycles. The minimum absolute atomic E-state index is 0.252. The first kappa shape index (κ1) is 21.1. The minimum Gasteiger partial charge on any atom is -0.341 e. The quantitative estimate of drug-likeness (QED) is 0.650. The van der Waals surface area contributed by atoms with E-state index in [1.54, 1.807) is 54.6 Å². The summed E-state index contributed by atoms with van der Waals surface area (Å²) < 4.78 is 25.2. The Morgan fingerprint density at radius 1 is 1.11 bits per heavy atom. The molecule has 8 heteroatoms. The van der Waals surface area contributed by atoms with E-state index in [2.05, 4.69) is 10.6 Å². The Bertz CT molecular complexity index is 982. The highest BCUT2D eigenvalue weighted by atomic mass is 32.2. The van der Waals surface area contributed by atoms with Crippen LogP contribution >= 0.6 is 0 Å². The van der Waals surface area contributed by atoms with Gasteiger partial charge in [0.1, 0.15) is 12.6 Å². The van der Waals surface area contributed by atoms with Crippen LogP contribution in [0.1, 0.15) is 21.5 Å². The van der Waals surface area contributed by atoms with E-state index in [4.69, 9.17) is 5.26 Å². The van der Waals surface area contributed by atoms with E-state index >= 15 is 0 Å². The maximum atomic E-state index is 12.6. The largest absolute Gasteiger partial charge is 0.341 e. The van der Waals surface area contributed by atoms with Crippen LogP contribution in [0.2, 0.25) is 0 Å². The van der Waals surface area contributed by atoms with E-state index in [1.807, 2.05) is 13.0 Å². The van der Waals surface area contributed by atoms with Crippen molar-refractivity contribution >= 4 is 21.7 Å². The Morgan fingerprint density at radius 3 is 2.46 bits per heavy atom. The molecule has 0 aliphatic heterocycles. The van der Waals surface area contributed by atoms with Crippen molar-refractivity contribution in [1.82, 2.24) is 10.6 Å². The number of rotatable bonds is 8. The van der Waals surface area contributed by atoms with Gasteiger partial charge in [-0.3, -0.25) is 9.59 Å². The van der Waals surface area contributed by atoms with Crippen molar-refractivity contribution in [2.24, 2.45) is 0 Å². The fourth-order valence-corrected chi connectivity index (χ4v) is 4.18. The first-order valence-corrected chi connectivity index (χ1v) is 10.4. The fraction of sp³-hybridized carbons (Fsp3) is 0.250. The van der Waals surface area contributed by atoms with Gasteiger partial charge in [0, 0.05) is 5.56 Å². The van der Waals surface area contributed by atoms with Crippen LogP contribution in [-0.2, 0) is 20.4 Å². The van der Waals surface area contributed by atoms with E-state index in [0.29, 0.717) is 11.1 Å². The third-order valence-electron chi connectivity index (χ3n) is 3.89. The van der Waals surface area contributed by atoms with Crippen LogP contribution in [0.4, 0.5) is 0 Å². The molecule has 0 radical (unpaired) electrons. The number of carbonyl (C=O) groups is 2. The van der Waals surface area contributed by atoms with Crippen molar-refractivity contribution in [2.45, 2.75) is 18.7 Å². The number of amides is 2. The van der Waals surface area contributed by atoms with E-state index in [0.717, 1.165) is 5.56 Å². The second-order valence-corrected chi connectivity index (χ2v) is 8.42. The Balaban J connectivity index is 2.17. The molecule has 2 N–H and O–H groups in total. The molecule has 1 unspecified atom stereocenters. The van der Waals surface area contributed by atoms with Crippen LogP contribution in [0.5, 0.6) is 0 Å². The summed E-state index contributed by atoms with van der Waals surface area (Å²) in [5.74, 6) is -2.11. The lowest BCUT2D eigenvalue weighted by molar-refractivity contribution is -0.122. The first-order valence-electron chi connectivity index (χ1n) is 8.57. The van der Waals surface area contributed by atoms with Crippen LogP contribution in [-0.4, -0.2) is 38.6 Å². The van der Waals surface area contributed by atoms with E-state index in [-0.39, 0.29) is 12.3 Å². The second kappa shape index (κ2) is 9.67. The minimum atomic E-state index is -3.71. The highest BCUT2D eigenvalue weighted by molar-refractivity contribution is 7.90. The van der Waals surface area contributed by atoms with Gasteiger partial charge in [-0.2, -0.15) is 5.26 Å². The van der Waals surface area contributed by atoms with Crippen molar-refractivity contribution in [3.05, 3.63) is 71.3 Å². The zero-order valence-electron chi connectivity index (χ0n) is 15.4. The van der Waals surface area contributed by atoms with E-state index in [1.165, 1.54) is 0 Å². The number of hydrogen-bond acceptors (Lipinski definition) is 5. The van der Waals surface area contributed by atoms with Gasteiger partial charge in [-0.15, -0.1) is 0 Å². The van der Waals surface area contributed by atoms with E-state index < -0.39 is 33.4 Å². The van der Waals surface area contributed by atoms with Gasteiger partial charge in [-0.05, 0) is 24.6 Å². The molecule has 0 spiro atoms. The molecule has 2 rings (SSSR count). The summed E-state index contributed by atoms with van der Waals surface area (Å²) >= 11 is 0. The SMILES string of the molecule is Cc1cccc(CS(=O)(=O)CC(NC(=O)c2ccccc2)C(=O)NCC#N)c1. The summed E-state index contributed by atoms with van der Waals surface area (Å²) in [6, 6.07) is 15.7. The third-order valence-corrected chi connectivity index (χ3v) is 5.50. The standard InChI is InChI=1S/C20H21N3O4S/c1-15-6-5-7-16(12-15)13-28(26,27)14-18(20(25)22-11-10-21)23-19(24)17-8-3-2-4-9-17/h2-9,12,18H,11,13-14H2,1H3,(H,22,25)(H,23,24). The highest BCUT2D eigenvalue weighted by Crippen LogP contribution is 2.11.